The Morgan fingerprint density at radius 2 is 1.65 bits per heavy atom. The number of esters is 1. The van der Waals surface area contributed by atoms with Crippen molar-refractivity contribution in [3.8, 4) is 0 Å². The van der Waals surface area contributed by atoms with Gasteiger partial charge in [-0.2, -0.15) is 0 Å². The summed E-state index contributed by atoms with van der Waals surface area (Å²) in [5, 5.41) is 0. The van der Waals surface area contributed by atoms with Crippen LogP contribution in [0.3, 0.4) is 0 Å². The van der Waals surface area contributed by atoms with Crippen molar-refractivity contribution in [2.75, 3.05) is 57.9 Å². The van der Waals surface area contributed by atoms with Gasteiger partial charge >= 0.3 is 5.97 Å². The molecular weight excluding hydrogens is 280 g/mol. The summed E-state index contributed by atoms with van der Waals surface area (Å²) in [5.41, 5.74) is 0. The van der Waals surface area contributed by atoms with Crippen LogP contribution >= 0.6 is 0 Å². The van der Waals surface area contributed by atoms with Crippen LogP contribution in [-0.4, -0.2) is 82.1 Å². The van der Waals surface area contributed by atoms with E-state index in [2.05, 4.69) is 14.5 Å². The van der Waals surface area contributed by atoms with E-state index < -0.39 is 9.84 Å². The summed E-state index contributed by atoms with van der Waals surface area (Å²) in [6, 6.07) is 0. The van der Waals surface area contributed by atoms with Crippen LogP contribution in [-0.2, 0) is 19.4 Å². The molecule has 0 N–H and O–H groups in total. The van der Waals surface area contributed by atoms with Crippen molar-refractivity contribution in [2.24, 2.45) is 0 Å². The summed E-state index contributed by atoms with van der Waals surface area (Å²) in [4.78, 5) is 15.6. The Bertz CT molecular complexity index is 389. The van der Waals surface area contributed by atoms with Gasteiger partial charge in [-0.3, -0.25) is 4.79 Å². The number of rotatable bonds is 8. The normalized spacial score (nSPS) is 18.1. The Labute approximate surface area is 122 Å². The summed E-state index contributed by atoms with van der Waals surface area (Å²) in [6.07, 6.45) is 1.14. The van der Waals surface area contributed by atoms with Crippen LogP contribution in [0.5, 0.6) is 0 Å². The maximum Gasteiger partial charge on any atom is 0.306 e. The number of carbonyl (C=O) groups is 1. The van der Waals surface area contributed by atoms with Crippen molar-refractivity contribution in [1.29, 1.82) is 0 Å². The average Bonchev–Trinajstić information content (AvgIpc) is 2.46. The van der Waals surface area contributed by atoms with E-state index in [0.717, 1.165) is 39.3 Å². The molecule has 1 fully saturated rings. The zero-order valence-electron chi connectivity index (χ0n) is 12.5. The summed E-state index contributed by atoms with van der Waals surface area (Å²) in [5.74, 6) is 0.345. The number of hydrogen-bond acceptors (Lipinski definition) is 6. The van der Waals surface area contributed by atoms with Crippen molar-refractivity contribution in [2.45, 2.75) is 19.8 Å². The third kappa shape index (κ3) is 6.67. The van der Waals surface area contributed by atoms with Gasteiger partial charge in [-0.05, 0) is 13.0 Å². The Morgan fingerprint density at radius 1 is 1.10 bits per heavy atom. The van der Waals surface area contributed by atoms with E-state index in [0.29, 0.717) is 12.8 Å². The van der Waals surface area contributed by atoms with Crippen LogP contribution < -0.4 is 0 Å². The highest BCUT2D eigenvalue weighted by molar-refractivity contribution is 7.91. The minimum absolute atomic E-state index is 0.169. The minimum Gasteiger partial charge on any atom is -0.469 e. The maximum absolute atomic E-state index is 11.4. The molecule has 0 atom stereocenters. The number of hydrogen-bond donors (Lipinski definition) is 0. The average molecular weight is 306 g/mol. The first-order valence-corrected chi connectivity index (χ1v) is 9.01. The monoisotopic (exact) mass is 306 g/mol. The fraction of sp³-hybridized carbons (Fsp3) is 0.923. The first-order valence-electron chi connectivity index (χ1n) is 7.19. The van der Waals surface area contributed by atoms with Crippen LogP contribution in [0, 0.1) is 0 Å². The van der Waals surface area contributed by atoms with Crippen molar-refractivity contribution in [3.63, 3.8) is 0 Å². The predicted octanol–water partition coefficient (Wildman–Crippen LogP) is -0.00810. The van der Waals surface area contributed by atoms with E-state index in [-0.39, 0.29) is 17.5 Å². The van der Waals surface area contributed by atoms with Gasteiger partial charge in [0.1, 0.15) is 9.84 Å². The van der Waals surface area contributed by atoms with Gasteiger partial charge in [0.2, 0.25) is 0 Å². The fourth-order valence-corrected chi connectivity index (χ4v) is 3.10. The van der Waals surface area contributed by atoms with Gasteiger partial charge in [-0.15, -0.1) is 0 Å². The van der Waals surface area contributed by atoms with Crippen LogP contribution in [0.4, 0.5) is 0 Å². The van der Waals surface area contributed by atoms with E-state index in [1.807, 2.05) is 0 Å². The molecule has 1 aliphatic rings. The zero-order valence-corrected chi connectivity index (χ0v) is 13.3. The second kappa shape index (κ2) is 8.59. The summed E-state index contributed by atoms with van der Waals surface area (Å²) in [6.45, 7) is 7.00. The molecule has 118 valence electrons. The van der Waals surface area contributed by atoms with Crippen LogP contribution in [0.25, 0.3) is 0 Å². The van der Waals surface area contributed by atoms with Gasteiger partial charge < -0.3 is 14.5 Å². The second-order valence-electron chi connectivity index (χ2n) is 5.10. The molecule has 1 aliphatic heterocycles. The molecule has 1 rings (SSSR count). The highest BCUT2D eigenvalue weighted by Crippen LogP contribution is 2.04. The number of piperazine rings is 1. The Kier molecular flexibility index (Phi) is 7.47. The third-order valence-corrected chi connectivity index (χ3v) is 5.48. The van der Waals surface area contributed by atoms with Crippen LogP contribution in [0.2, 0.25) is 0 Å². The second-order valence-corrected chi connectivity index (χ2v) is 7.57. The van der Waals surface area contributed by atoms with Crippen molar-refractivity contribution in [3.05, 3.63) is 0 Å². The smallest absolute Gasteiger partial charge is 0.306 e. The lowest BCUT2D eigenvalue weighted by molar-refractivity contribution is -0.141. The molecule has 0 aromatic heterocycles. The first kappa shape index (κ1) is 17.4. The molecule has 0 saturated carbocycles. The van der Waals surface area contributed by atoms with Gasteiger partial charge in [-0.1, -0.05) is 6.92 Å². The van der Waals surface area contributed by atoms with Gasteiger partial charge in [-0.25, -0.2) is 8.42 Å². The summed E-state index contributed by atoms with van der Waals surface area (Å²) >= 11 is 0. The third-order valence-electron chi connectivity index (χ3n) is 3.69. The SMILES string of the molecule is CCS(=O)(=O)CCCN1CCN(CCC(=O)OC)CC1. The molecule has 0 bridgehead atoms. The molecule has 0 amide bonds. The molecule has 0 spiro atoms. The molecule has 0 radical (unpaired) electrons. The van der Waals surface area contributed by atoms with E-state index in [4.69, 9.17) is 0 Å². The van der Waals surface area contributed by atoms with Gasteiger partial charge in [0, 0.05) is 38.5 Å². The zero-order chi connectivity index (χ0) is 15.0. The number of ether oxygens (including phenoxy) is 1. The van der Waals surface area contributed by atoms with Crippen LogP contribution in [0.15, 0.2) is 0 Å². The lowest BCUT2D eigenvalue weighted by Gasteiger charge is -2.34. The standard InChI is InChI=1S/C13H26N2O4S/c1-3-20(17,18)12-4-6-14-8-10-15(11-9-14)7-5-13(16)19-2/h3-12H2,1-2H3. The fourth-order valence-electron chi connectivity index (χ4n) is 2.24. The van der Waals surface area contributed by atoms with Crippen LogP contribution in [0.1, 0.15) is 19.8 Å². The lowest BCUT2D eigenvalue weighted by atomic mass is 10.2. The minimum atomic E-state index is -2.84. The Hall–Kier alpha value is -0.660. The highest BCUT2D eigenvalue weighted by atomic mass is 32.2. The largest absolute Gasteiger partial charge is 0.469 e. The number of methoxy groups -OCH3 is 1. The van der Waals surface area contributed by atoms with E-state index >= 15 is 0 Å². The summed E-state index contributed by atoms with van der Waals surface area (Å²) in [7, 11) is -1.43. The number of carbonyl (C=O) groups excluding carboxylic acids is 1. The molecular formula is C13H26N2O4S. The van der Waals surface area contributed by atoms with Gasteiger partial charge in [0.05, 0.1) is 19.3 Å². The highest BCUT2D eigenvalue weighted by Gasteiger charge is 2.18. The van der Waals surface area contributed by atoms with E-state index in [1.165, 1.54) is 7.11 Å². The topological polar surface area (TPSA) is 66.9 Å². The molecule has 20 heavy (non-hydrogen) atoms. The van der Waals surface area contributed by atoms with Crippen molar-refractivity contribution >= 4 is 15.8 Å². The first-order chi connectivity index (χ1) is 9.46. The number of sulfone groups is 1. The molecule has 1 saturated heterocycles. The predicted molar refractivity (Wildman–Crippen MR) is 78.5 cm³/mol. The lowest BCUT2D eigenvalue weighted by Crippen LogP contribution is -2.47. The summed E-state index contributed by atoms with van der Waals surface area (Å²) < 4.78 is 27.4. The molecule has 0 aliphatic carbocycles. The molecule has 0 aromatic rings. The maximum atomic E-state index is 11.4. The van der Waals surface area contributed by atoms with Crippen molar-refractivity contribution in [1.82, 2.24) is 9.80 Å². The molecule has 6 nitrogen and oxygen atoms in total. The molecule has 0 aromatic carbocycles. The quantitative estimate of drug-likeness (QED) is 0.588. The molecule has 1 heterocycles. The van der Waals surface area contributed by atoms with Gasteiger partial charge in [0.15, 0.2) is 0 Å². The molecule has 0 unspecified atom stereocenters. The number of nitrogens with zero attached hydrogens (tertiary/aromatic N) is 2. The van der Waals surface area contributed by atoms with Crippen molar-refractivity contribution < 1.29 is 17.9 Å². The Balaban J connectivity index is 2.14. The van der Waals surface area contributed by atoms with Gasteiger partial charge in [0.25, 0.3) is 0 Å². The molecule has 7 heteroatoms. The van der Waals surface area contributed by atoms with E-state index in [1.54, 1.807) is 6.92 Å². The Morgan fingerprint density at radius 3 is 2.15 bits per heavy atom. The van der Waals surface area contributed by atoms with E-state index in [9.17, 15) is 13.2 Å².